The molecule has 0 amide bonds. The Kier molecular flexibility index (Phi) is 2.74. The number of nitro groups is 1. The summed E-state index contributed by atoms with van der Waals surface area (Å²) in [5.74, 6) is 0. The van der Waals surface area contributed by atoms with Crippen LogP contribution in [0.2, 0.25) is 0 Å². The van der Waals surface area contributed by atoms with Crippen LogP contribution < -0.4 is 9.57 Å². The number of hydrogen-bond acceptors (Lipinski definition) is 3. The van der Waals surface area contributed by atoms with Crippen molar-refractivity contribution in [1.82, 2.24) is 0 Å². The van der Waals surface area contributed by atoms with Crippen LogP contribution in [0.3, 0.4) is 0 Å². The van der Waals surface area contributed by atoms with Gasteiger partial charge in [0, 0.05) is 10.8 Å². The number of halogens is 1. The summed E-state index contributed by atoms with van der Waals surface area (Å²) in [4.78, 5) is 15.7. The second kappa shape index (κ2) is 4.05. The maximum absolute atomic E-state index is 11.0. The summed E-state index contributed by atoms with van der Waals surface area (Å²) in [5, 5.41) is 11.5. The van der Waals surface area contributed by atoms with Crippen molar-refractivity contribution in [2.24, 2.45) is 0 Å². The van der Waals surface area contributed by atoms with E-state index in [1.165, 1.54) is 18.0 Å². The van der Waals surface area contributed by atoms with E-state index in [1.54, 1.807) is 24.3 Å². The molecule has 1 aromatic heterocycles. The topological polar surface area (TPSA) is 56.2 Å². The van der Waals surface area contributed by atoms with E-state index >= 15 is 0 Å². The van der Waals surface area contributed by atoms with Crippen molar-refractivity contribution in [1.29, 1.82) is 0 Å². The highest BCUT2D eigenvalue weighted by Gasteiger charge is 2.25. The van der Waals surface area contributed by atoms with Crippen molar-refractivity contribution < 1.29 is 14.5 Å². The van der Waals surface area contributed by atoms with E-state index in [-0.39, 0.29) is 5.69 Å². The fraction of sp³-hybridized carbons (Fsp3) is 0.100. The van der Waals surface area contributed by atoms with Gasteiger partial charge in [-0.1, -0.05) is 12.1 Å². The monoisotopic (exact) mass is 283 g/mol. The molecule has 0 saturated heterocycles. The third kappa shape index (κ3) is 1.61. The van der Waals surface area contributed by atoms with Crippen LogP contribution in [0.5, 0.6) is 0 Å². The molecular formula is C10H8BrN2O3+. The molecule has 0 spiro atoms. The zero-order valence-corrected chi connectivity index (χ0v) is 9.97. The second-order valence-electron chi connectivity index (χ2n) is 3.11. The van der Waals surface area contributed by atoms with Crippen molar-refractivity contribution in [3.05, 3.63) is 45.0 Å². The van der Waals surface area contributed by atoms with Gasteiger partial charge in [0.1, 0.15) is 12.5 Å². The normalized spacial score (nSPS) is 10.4. The highest BCUT2D eigenvalue weighted by atomic mass is 79.9. The lowest BCUT2D eigenvalue weighted by molar-refractivity contribution is -0.865. The Morgan fingerprint density at radius 1 is 1.44 bits per heavy atom. The van der Waals surface area contributed by atoms with Crippen LogP contribution in [0.1, 0.15) is 0 Å². The van der Waals surface area contributed by atoms with E-state index in [2.05, 4.69) is 15.9 Å². The number of hydrogen-bond donors (Lipinski definition) is 0. The molecule has 0 bridgehead atoms. The highest BCUT2D eigenvalue weighted by molar-refractivity contribution is 9.10. The fourth-order valence-corrected chi connectivity index (χ4v) is 2.11. The predicted molar refractivity (Wildman–Crippen MR) is 61.0 cm³/mol. The van der Waals surface area contributed by atoms with Gasteiger partial charge in [0.2, 0.25) is 6.20 Å². The Hall–Kier alpha value is -1.69. The van der Waals surface area contributed by atoms with Gasteiger partial charge in [-0.2, -0.15) is 0 Å². The van der Waals surface area contributed by atoms with Gasteiger partial charge in [0.15, 0.2) is 4.47 Å². The van der Waals surface area contributed by atoms with Gasteiger partial charge in [-0.05, 0) is 22.0 Å². The molecule has 0 unspecified atom stereocenters. The number of para-hydroxylation sites is 1. The molecule has 1 aromatic carbocycles. The minimum Gasteiger partial charge on any atom is -0.274 e. The smallest absolute Gasteiger partial charge is 0.274 e. The molecule has 6 heteroatoms. The van der Waals surface area contributed by atoms with Crippen molar-refractivity contribution >= 4 is 32.5 Å². The summed E-state index contributed by atoms with van der Waals surface area (Å²) < 4.78 is 1.87. The molecule has 0 radical (unpaired) electrons. The van der Waals surface area contributed by atoms with Gasteiger partial charge in [-0.15, -0.1) is 0 Å². The van der Waals surface area contributed by atoms with E-state index in [0.717, 1.165) is 0 Å². The molecule has 2 rings (SSSR count). The van der Waals surface area contributed by atoms with Gasteiger partial charge in [-0.25, -0.2) is 0 Å². The van der Waals surface area contributed by atoms with Crippen molar-refractivity contribution in [3.63, 3.8) is 0 Å². The standard InChI is InChI=1S/C10H8BrN2O3/c1-16-12-6-8(11)10(13(14)15)7-4-2-3-5-9(7)12/h2-6H,1H3/q+1. The van der Waals surface area contributed by atoms with Crippen LogP contribution in [0.15, 0.2) is 34.9 Å². The molecule has 2 aromatic rings. The maximum atomic E-state index is 11.0. The summed E-state index contributed by atoms with van der Waals surface area (Å²) >= 11 is 3.17. The molecule has 82 valence electrons. The first-order valence-electron chi connectivity index (χ1n) is 4.47. The average Bonchev–Trinajstić information content (AvgIpc) is 2.27. The van der Waals surface area contributed by atoms with E-state index < -0.39 is 4.92 Å². The zero-order chi connectivity index (χ0) is 11.7. The Bertz CT molecular complexity index is 571. The van der Waals surface area contributed by atoms with Crippen molar-refractivity contribution in [2.45, 2.75) is 0 Å². The molecule has 5 nitrogen and oxygen atoms in total. The fourth-order valence-electron chi connectivity index (χ4n) is 1.56. The van der Waals surface area contributed by atoms with Gasteiger partial charge in [-0.3, -0.25) is 15.0 Å². The summed E-state index contributed by atoms with van der Waals surface area (Å²) in [6.07, 6.45) is 1.53. The lowest BCUT2D eigenvalue weighted by Crippen LogP contribution is -2.41. The molecule has 0 aliphatic rings. The third-order valence-corrected chi connectivity index (χ3v) is 2.81. The summed E-state index contributed by atoms with van der Waals surface area (Å²) in [5.41, 5.74) is 0.698. The number of fused-ring (bicyclic) bond motifs is 1. The van der Waals surface area contributed by atoms with Crippen LogP contribution in [0.25, 0.3) is 10.9 Å². The van der Waals surface area contributed by atoms with Crippen LogP contribution >= 0.6 is 15.9 Å². The van der Waals surface area contributed by atoms with Gasteiger partial charge in [0.25, 0.3) is 5.52 Å². The highest BCUT2D eigenvalue weighted by Crippen LogP contribution is 2.30. The van der Waals surface area contributed by atoms with Crippen molar-refractivity contribution in [3.8, 4) is 0 Å². The van der Waals surface area contributed by atoms with E-state index in [9.17, 15) is 10.1 Å². The molecular weight excluding hydrogens is 276 g/mol. The molecule has 0 atom stereocenters. The summed E-state index contributed by atoms with van der Waals surface area (Å²) in [6.45, 7) is 0. The number of nitrogens with zero attached hydrogens (tertiary/aromatic N) is 2. The van der Waals surface area contributed by atoms with Gasteiger partial charge >= 0.3 is 5.69 Å². The second-order valence-corrected chi connectivity index (χ2v) is 3.96. The van der Waals surface area contributed by atoms with E-state index in [1.807, 2.05) is 0 Å². The molecule has 16 heavy (non-hydrogen) atoms. The lowest BCUT2D eigenvalue weighted by Gasteiger charge is -2.00. The Labute approximate surface area is 99.5 Å². The van der Waals surface area contributed by atoms with E-state index in [4.69, 9.17) is 4.84 Å². The first-order valence-corrected chi connectivity index (χ1v) is 5.26. The largest absolute Gasteiger partial charge is 0.303 e. The SMILES string of the molecule is CO[n+]1cc(Br)c([N+](=O)[O-])c2ccccc21. The minimum absolute atomic E-state index is 0.0453. The van der Waals surface area contributed by atoms with Gasteiger partial charge < -0.3 is 0 Å². The molecule has 0 fully saturated rings. The Morgan fingerprint density at radius 2 is 2.12 bits per heavy atom. The van der Waals surface area contributed by atoms with Crippen LogP contribution in [-0.4, -0.2) is 12.0 Å². The minimum atomic E-state index is -0.410. The number of benzene rings is 1. The quantitative estimate of drug-likeness (QED) is 0.480. The Morgan fingerprint density at radius 3 is 2.75 bits per heavy atom. The number of rotatable bonds is 2. The first-order chi connectivity index (χ1) is 7.65. The van der Waals surface area contributed by atoms with E-state index in [0.29, 0.717) is 15.4 Å². The van der Waals surface area contributed by atoms with Crippen LogP contribution in [-0.2, 0) is 0 Å². The number of aromatic nitrogens is 1. The average molecular weight is 284 g/mol. The molecule has 1 heterocycles. The Balaban J connectivity index is 2.92. The third-order valence-electron chi connectivity index (χ3n) is 2.23. The predicted octanol–water partition coefficient (Wildman–Crippen LogP) is 1.86. The van der Waals surface area contributed by atoms with Gasteiger partial charge in [0.05, 0.1) is 4.92 Å². The van der Waals surface area contributed by atoms with Crippen LogP contribution in [0, 0.1) is 10.1 Å². The molecule has 0 saturated carbocycles. The van der Waals surface area contributed by atoms with Crippen molar-refractivity contribution in [2.75, 3.05) is 7.11 Å². The molecule has 0 aliphatic heterocycles. The summed E-state index contributed by atoms with van der Waals surface area (Å²) in [6, 6.07) is 7.00. The maximum Gasteiger partial charge on any atom is 0.303 e. The first kappa shape index (κ1) is 10.8. The van der Waals surface area contributed by atoms with Crippen LogP contribution in [0.4, 0.5) is 5.69 Å². The summed E-state index contributed by atoms with van der Waals surface area (Å²) in [7, 11) is 1.50. The molecule has 0 aliphatic carbocycles. The molecule has 0 N–H and O–H groups in total. The number of pyridine rings is 1. The lowest BCUT2D eigenvalue weighted by atomic mass is 10.2. The zero-order valence-electron chi connectivity index (χ0n) is 8.38.